The predicted molar refractivity (Wildman–Crippen MR) is 77.3 cm³/mol. The van der Waals surface area contributed by atoms with Crippen LogP contribution in [-0.2, 0) is 6.54 Å². The van der Waals surface area contributed by atoms with E-state index in [1.807, 2.05) is 12.1 Å². The zero-order valence-corrected chi connectivity index (χ0v) is 11.6. The molecule has 19 heavy (non-hydrogen) atoms. The number of nitrogen functional groups attached to an aromatic ring is 1. The molecule has 0 radical (unpaired) electrons. The zero-order chi connectivity index (χ0) is 13.5. The van der Waals surface area contributed by atoms with Crippen molar-refractivity contribution in [3.8, 4) is 5.75 Å². The van der Waals surface area contributed by atoms with Crippen LogP contribution in [0.1, 0.15) is 32.6 Å². The Kier molecular flexibility index (Phi) is 2.88. The van der Waals surface area contributed by atoms with Crippen LogP contribution in [-0.4, -0.2) is 16.7 Å². The quantitative estimate of drug-likeness (QED) is 0.897. The van der Waals surface area contributed by atoms with Crippen molar-refractivity contribution in [3.63, 3.8) is 0 Å². The molecule has 0 spiro atoms. The van der Waals surface area contributed by atoms with E-state index in [-0.39, 0.29) is 0 Å². The average Bonchev–Trinajstić information content (AvgIpc) is 3.09. The fourth-order valence-electron chi connectivity index (χ4n) is 3.00. The molecule has 1 aliphatic rings. The van der Waals surface area contributed by atoms with E-state index in [0.717, 1.165) is 23.3 Å². The number of para-hydroxylation sites is 1. The van der Waals surface area contributed by atoms with E-state index in [4.69, 9.17) is 10.5 Å². The number of hydrogen-bond donors (Lipinski definition) is 1. The first-order chi connectivity index (χ1) is 9.19. The number of aromatic nitrogens is 2. The summed E-state index contributed by atoms with van der Waals surface area (Å²) in [6.07, 6.45) is 5.12. The summed E-state index contributed by atoms with van der Waals surface area (Å²) < 4.78 is 7.51. The molecular formula is C15H21N3O. The Balaban J connectivity index is 2.02. The van der Waals surface area contributed by atoms with Crippen molar-refractivity contribution >= 4 is 17.0 Å². The maximum Gasteiger partial charge on any atom is 0.201 e. The molecule has 0 aliphatic heterocycles. The maximum absolute atomic E-state index is 6.10. The lowest BCUT2D eigenvalue weighted by molar-refractivity contribution is 0.396. The number of fused-ring (bicyclic) bond motifs is 1. The third-order valence-corrected chi connectivity index (χ3v) is 4.22. The lowest BCUT2D eigenvalue weighted by Gasteiger charge is -2.16. The van der Waals surface area contributed by atoms with Gasteiger partial charge in [-0.25, -0.2) is 4.98 Å². The Labute approximate surface area is 113 Å². The van der Waals surface area contributed by atoms with Crippen LogP contribution in [0.25, 0.3) is 11.0 Å². The summed E-state index contributed by atoms with van der Waals surface area (Å²) in [5.41, 5.74) is 8.52. The van der Waals surface area contributed by atoms with Crippen molar-refractivity contribution in [2.75, 3.05) is 12.8 Å². The monoisotopic (exact) mass is 259 g/mol. The highest BCUT2D eigenvalue weighted by molar-refractivity contribution is 5.84. The van der Waals surface area contributed by atoms with Crippen molar-refractivity contribution in [3.05, 3.63) is 18.2 Å². The average molecular weight is 259 g/mol. The number of nitrogens with zero attached hydrogens (tertiary/aromatic N) is 2. The van der Waals surface area contributed by atoms with Gasteiger partial charge in [0.1, 0.15) is 11.3 Å². The fraction of sp³-hybridized carbons (Fsp3) is 0.533. The van der Waals surface area contributed by atoms with Crippen LogP contribution < -0.4 is 10.5 Å². The second-order valence-corrected chi connectivity index (χ2v) is 5.63. The molecule has 0 saturated heterocycles. The Morgan fingerprint density at radius 1 is 1.42 bits per heavy atom. The second kappa shape index (κ2) is 4.44. The van der Waals surface area contributed by atoms with Gasteiger partial charge < -0.3 is 15.0 Å². The van der Waals surface area contributed by atoms with Gasteiger partial charge in [-0.15, -0.1) is 0 Å². The normalized spacial score (nSPS) is 16.7. The van der Waals surface area contributed by atoms with E-state index in [0.29, 0.717) is 11.4 Å². The Bertz CT molecular complexity index is 599. The maximum atomic E-state index is 6.10. The Hall–Kier alpha value is -1.71. The van der Waals surface area contributed by atoms with Gasteiger partial charge in [-0.1, -0.05) is 19.4 Å². The lowest BCUT2D eigenvalue weighted by atomic mass is 10.0. The van der Waals surface area contributed by atoms with Gasteiger partial charge in [-0.05, 0) is 36.8 Å². The molecule has 3 rings (SSSR count). The smallest absolute Gasteiger partial charge is 0.201 e. The third kappa shape index (κ3) is 2.05. The highest BCUT2D eigenvalue weighted by atomic mass is 16.5. The van der Waals surface area contributed by atoms with Crippen LogP contribution in [0.15, 0.2) is 18.2 Å². The molecule has 4 heteroatoms. The molecule has 0 bridgehead atoms. The van der Waals surface area contributed by atoms with E-state index in [9.17, 15) is 0 Å². The Morgan fingerprint density at radius 2 is 2.21 bits per heavy atom. The first-order valence-corrected chi connectivity index (χ1v) is 6.98. The highest BCUT2D eigenvalue weighted by Gasteiger charge is 2.42. The van der Waals surface area contributed by atoms with Crippen molar-refractivity contribution < 1.29 is 4.74 Å². The molecule has 1 aromatic carbocycles. The predicted octanol–water partition coefficient (Wildman–Crippen LogP) is 3.21. The molecule has 1 fully saturated rings. The van der Waals surface area contributed by atoms with Crippen molar-refractivity contribution in [2.24, 2.45) is 5.41 Å². The molecule has 0 atom stereocenters. The number of methoxy groups -OCH3 is 1. The molecule has 1 aromatic heterocycles. The van der Waals surface area contributed by atoms with E-state index in [1.165, 1.54) is 25.7 Å². The number of benzene rings is 1. The minimum atomic E-state index is 0.458. The summed E-state index contributed by atoms with van der Waals surface area (Å²) in [7, 11) is 1.67. The number of rotatable bonds is 5. The molecule has 1 saturated carbocycles. The summed E-state index contributed by atoms with van der Waals surface area (Å²) in [4.78, 5) is 4.47. The highest BCUT2D eigenvalue weighted by Crippen LogP contribution is 2.51. The van der Waals surface area contributed by atoms with E-state index in [1.54, 1.807) is 7.11 Å². The molecule has 2 N–H and O–H groups in total. The van der Waals surface area contributed by atoms with E-state index in [2.05, 4.69) is 22.5 Å². The van der Waals surface area contributed by atoms with Crippen LogP contribution in [0.5, 0.6) is 5.75 Å². The van der Waals surface area contributed by atoms with Crippen molar-refractivity contribution in [1.82, 2.24) is 9.55 Å². The van der Waals surface area contributed by atoms with Gasteiger partial charge in [0.2, 0.25) is 5.95 Å². The van der Waals surface area contributed by atoms with Gasteiger partial charge in [0.05, 0.1) is 12.6 Å². The minimum Gasteiger partial charge on any atom is -0.494 e. The summed E-state index contributed by atoms with van der Waals surface area (Å²) >= 11 is 0. The minimum absolute atomic E-state index is 0.458. The molecule has 4 nitrogen and oxygen atoms in total. The van der Waals surface area contributed by atoms with Gasteiger partial charge in [0, 0.05) is 6.54 Å². The first kappa shape index (κ1) is 12.3. The summed E-state index contributed by atoms with van der Waals surface area (Å²) in [5.74, 6) is 1.39. The SMILES string of the molecule is CCCC1(Cn2c(N)nc3c(OC)cccc32)CC1. The molecule has 0 amide bonds. The van der Waals surface area contributed by atoms with Gasteiger partial charge in [0.15, 0.2) is 0 Å². The summed E-state index contributed by atoms with van der Waals surface area (Å²) in [5, 5.41) is 0. The number of ether oxygens (including phenoxy) is 1. The van der Waals surface area contributed by atoms with Gasteiger partial charge in [0.25, 0.3) is 0 Å². The number of hydrogen-bond acceptors (Lipinski definition) is 3. The first-order valence-electron chi connectivity index (χ1n) is 6.98. The van der Waals surface area contributed by atoms with Crippen LogP contribution in [0.3, 0.4) is 0 Å². The van der Waals surface area contributed by atoms with Gasteiger partial charge in [-0.2, -0.15) is 0 Å². The number of anilines is 1. The number of imidazole rings is 1. The Morgan fingerprint density at radius 3 is 2.84 bits per heavy atom. The van der Waals surface area contributed by atoms with Crippen LogP contribution in [0.2, 0.25) is 0 Å². The van der Waals surface area contributed by atoms with E-state index >= 15 is 0 Å². The lowest BCUT2D eigenvalue weighted by Crippen LogP contribution is -2.13. The van der Waals surface area contributed by atoms with Gasteiger partial charge in [-0.3, -0.25) is 0 Å². The topological polar surface area (TPSA) is 53.1 Å². The third-order valence-electron chi connectivity index (χ3n) is 4.22. The van der Waals surface area contributed by atoms with Gasteiger partial charge >= 0.3 is 0 Å². The summed E-state index contributed by atoms with van der Waals surface area (Å²) in [6, 6.07) is 6.00. The van der Waals surface area contributed by atoms with Crippen molar-refractivity contribution in [1.29, 1.82) is 0 Å². The molecular weight excluding hydrogens is 238 g/mol. The largest absolute Gasteiger partial charge is 0.494 e. The van der Waals surface area contributed by atoms with Crippen LogP contribution in [0.4, 0.5) is 5.95 Å². The van der Waals surface area contributed by atoms with E-state index < -0.39 is 0 Å². The molecule has 2 aromatic rings. The fourth-order valence-corrected chi connectivity index (χ4v) is 3.00. The zero-order valence-electron chi connectivity index (χ0n) is 11.6. The standard InChI is InChI=1S/C15H21N3O/c1-3-7-15(8-9-15)10-18-11-5-4-6-12(19-2)13(11)17-14(18)16/h4-6H,3,7-10H2,1-2H3,(H2,16,17). The second-order valence-electron chi connectivity index (χ2n) is 5.63. The van der Waals surface area contributed by atoms with Crippen molar-refractivity contribution in [2.45, 2.75) is 39.2 Å². The van der Waals surface area contributed by atoms with Crippen LogP contribution in [0, 0.1) is 5.41 Å². The molecule has 102 valence electrons. The molecule has 1 aliphatic carbocycles. The molecule has 0 unspecified atom stereocenters. The molecule has 1 heterocycles. The van der Waals surface area contributed by atoms with Crippen LogP contribution >= 0.6 is 0 Å². The number of nitrogens with two attached hydrogens (primary N) is 1. The summed E-state index contributed by atoms with van der Waals surface area (Å²) in [6.45, 7) is 3.23.